The van der Waals surface area contributed by atoms with E-state index in [4.69, 9.17) is 0 Å². The number of nitrogens with zero attached hydrogens (tertiary/aromatic N) is 3. The average molecular weight is 336 g/mol. The van der Waals surface area contributed by atoms with Gasteiger partial charge in [-0.1, -0.05) is 4.49 Å². The highest BCUT2D eigenvalue weighted by molar-refractivity contribution is 7.07. The smallest absolute Gasteiger partial charge is 0.347 e. The highest BCUT2D eigenvalue weighted by atomic mass is 32.1. The van der Waals surface area contributed by atoms with Crippen molar-refractivity contribution in [3.05, 3.63) is 10.6 Å². The first-order chi connectivity index (χ1) is 10.3. The summed E-state index contributed by atoms with van der Waals surface area (Å²) in [6.45, 7) is 1.03. The minimum atomic E-state index is -4.41. The van der Waals surface area contributed by atoms with Crippen LogP contribution in [0.1, 0.15) is 28.2 Å². The van der Waals surface area contributed by atoms with Gasteiger partial charge in [0, 0.05) is 19.0 Å². The summed E-state index contributed by atoms with van der Waals surface area (Å²) in [5.74, 6) is -1.30. The Bertz CT molecular complexity index is 553. The zero-order chi connectivity index (χ0) is 16.3. The molecule has 1 aromatic heterocycles. The molecule has 10 heteroatoms. The van der Waals surface area contributed by atoms with Crippen LogP contribution in [0.25, 0.3) is 0 Å². The topological polar surface area (TPSA) is 75.2 Å². The van der Waals surface area contributed by atoms with Gasteiger partial charge in [0.05, 0.1) is 5.69 Å². The average Bonchev–Trinajstić information content (AvgIpc) is 2.89. The van der Waals surface area contributed by atoms with E-state index in [1.165, 1.54) is 0 Å². The van der Waals surface area contributed by atoms with E-state index in [0.717, 1.165) is 11.5 Å². The number of hydrogen-bond donors (Lipinski definition) is 1. The van der Waals surface area contributed by atoms with Crippen molar-refractivity contribution in [2.24, 2.45) is 5.92 Å². The van der Waals surface area contributed by atoms with Crippen LogP contribution in [0.3, 0.4) is 0 Å². The largest absolute Gasteiger partial charge is 0.405 e. The van der Waals surface area contributed by atoms with Gasteiger partial charge in [0.25, 0.3) is 5.91 Å². The molecule has 1 N–H and O–H groups in total. The maximum atomic E-state index is 12.2. The normalized spacial score (nSPS) is 16.6. The highest BCUT2D eigenvalue weighted by Gasteiger charge is 2.32. The van der Waals surface area contributed by atoms with E-state index in [9.17, 15) is 22.8 Å². The Balaban J connectivity index is 1.84. The molecule has 0 radical (unpaired) electrons. The van der Waals surface area contributed by atoms with Crippen LogP contribution in [0.4, 0.5) is 13.2 Å². The molecule has 0 atom stereocenters. The molecular weight excluding hydrogens is 321 g/mol. The van der Waals surface area contributed by atoms with Crippen molar-refractivity contribution in [2.75, 3.05) is 19.6 Å². The number of piperidine rings is 1. The first-order valence-electron chi connectivity index (χ1n) is 6.70. The first kappa shape index (κ1) is 16.7. The molecular formula is C12H15F3N4O2S. The Morgan fingerprint density at radius 1 is 1.36 bits per heavy atom. The fourth-order valence-corrected chi connectivity index (χ4v) is 2.87. The molecule has 1 saturated heterocycles. The lowest BCUT2D eigenvalue weighted by Crippen LogP contribution is -2.44. The number of nitrogens with one attached hydrogen (secondary N) is 1. The van der Waals surface area contributed by atoms with E-state index >= 15 is 0 Å². The molecule has 2 heterocycles. The zero-order valence-corrected chi connectivity index (χ0v) is 12.6. The lowest BCUT2D eigenvalue weighted by Gasteiger charge is -2.31. The molecule has 6 nitrogen and oxygen atoms in total. The van der Waals surface area contributed by atoms with Gasteiger partial charge in [0.15, 0.2) is 0 Å². The van der Waals surface area contributed by atoms with Crippen LogP contribution < -0.4 is 5.32 Å². The second-order valence-electron chi connectivity index (χ2n) is 5.09. The Morgan fingerprint density at radius 3 is 2.50 bits per heavy atom. The summed E-state index contributed by atoms with van der Waals surface area (Å²) in [4.78, 5) is 25.9. The third-order valence-electron chi connectivity index (χ3n) is 3.46. The molecule has 1 aliphatic heterocycles. The number of hydrogen-bond acceptors (Lipinski definition) is 5. The van der Waals surface area contributed by atoms with Gasteiger partial charge in [-0.2, -0.15) is 13.2 Å². The van der Waals surface area contributed by atoms with Gasteiger partial charge in [-0.15, -0.1) is 5.10 Å². The van der Waals surface area contributed by atoms with Crippen LogP contribution in [-0.4, -0.2) is 52.1 Å². The number of likely N-dealkylation sites (tertiary alicyclic amines) is 1. The van der Waals surface area contributed by atoms with Gasteiger partial charge < -0.3 is 10.2 Å². The van der Waals surface area contributed by atoms with Crippen LogP contribution in [0, 0.1) is 12.8 Å². The van der Waals surface area contributed by atoms with Gasteiger partial charge in [-0.25, -0.2) is 0 Å². The molecule has 0 saturated carbocycles. The predicted molar refractivity (Wildman–Crippen MR) is 72.3 cm³/mol. The number of halogens is 3. The molecule has 2 rings (SSSR count). The molecule has 122 valence electrons. The number of aryl methyl sites for hydroxylation is 1. The Hall–Kier alpha value is -1.71. The Morgan fingerprint density at radius 2 is 2.00 bits per heavy atom. The standard InChI is InChI=1S/C12H15F3N4O2S/c1-7-9(22-18-17-7)11(21)19-4-2-8(3-5-19)10(20)16-6-12(13,14)15/h8H,2-6H2,1H3,(H,16,20). The second kappa shape index (κ2) is 6.59. The van der Waals surface area contributed by atoms with Crippen molar-refractivity contribution in [1.29, 1.82) is 0 Å². The molecule has 1 fully saturated rings. The molecule has 0 aliphatic carbocycles. The van der Waals surface area contributed by atoms with Crippen molar-refractivity contribution in [2.45, 2.75) is 25.9 Å². The molecule has 0 spiro atoms. The molecule has 1 aromatic rings. The number of rotatable bonds is 3. The van der Waals surface area contributed by atoms with Crippen LogP contribution in [0.5, 0.6) is 0 Å². The quantitative estimate of drug-likeness (QED) is 0.905. The zero-order valence-electron chi connectivity index (χ0n) is 11.8. The number of alkyl halides is 3. The first-order valence-corrected chi connectivity index (χ1v) is 7.48. The highest BCUT2D eigenvalue weighted by Crippen LogP contribution is 2.21. The van der Waals surface area contributed by atoms with Crippen LogP contribution in [0.15, 0.2) is 0 Å². The minimum Gasteiger partial charge on any atom is -0.347 e. The van der Waals surface area contributed by atoms with Gasteiger partial charge in [0.1, 0.15) is 11.4 Å². The molecule has 0 bridgehead atoms. The lowest BCUT2D eigenvalue weighted by molar-refractivity contribution is -0.141. The van der Waals surface area contributed by atoms with Crippen LogP contribution >= 0.6 is 11.5 Å². The molecule has 1 aliphatic rings. The van der Waals surface area contributed by atoms with Gasteiger partial charge in [0.2, 0.25) is 5.91 Å². The van der Waals surface area contributed by atoms with E-state index in [0.29, 0.717) is 36.5 Å². The predicted octanol–water partition coefficient (Wildman–Crippen LogP) is 1.38. The Labute approximate surface area is 128 Å². The number of carbonyl (C=O) groups excluding carboxylic acids is 2. The third kappa shape index (κ3) is 4.15. The number of carbonyl (C=O) groups is 2. The van der Waals surface area contributed by atoms with E-state index in [1.54, 1.807) is 11.8 Å². The van der Waals surface area contributed by atoms with Crippen molar-refractivity contribution in [1.82, 2.24) is 19.8 Å². The summed E-state index contributed by atoms with van der Waals surface area (Å²) >= 11 is 1.01. The maximum Gasteiger partial charge on any atom is 0.405 e. The monoisotopic (exact) mass is 336 g/mol. The van der Waals surface area contributed by atoms with Gasteiger partial charge in [-0.05, 0) is 31.3 Å². The van der Waals surface area contributed by atoms with Gasteiger partial charge >= 0.3 is 6.18 Å². The second-order valence-corrected chi connectivity index (χ2v) is 5.84. The fraction of sp³-hybridized carbons (Fsp3) is 0.667. The summed E-state index contributed by atoms with van der Waals surface area (Å²) < 4.78 is 39.9. The van der Waals surface area contributed by atoms with E-state index in [1.807, 2.05) is 5.32 Å². The van der Waals surface area contributed by atoms with Crippen molar-refractivity contribution in [3.8, 4) is 0 Å². The van der Waals surface area contributed by atoms with Crippen LogP contribution in [-0.2, 0) is 4.79 Å². The SMILES string of the molecule is Cc1nnsc1C(=O)N1CCC(C(=O)NCC(F)(F)F)CC1. The summed E-state index contributed by atoms with van der Waals surface area (Å²) in [6.07, 6.45) is -3.72. The molecule has 22 heavy (non-hydrogen) atoms. The molecule has 0 aromatic carbocycles. The van der Waals surface area contributed by atoms with Crippen LogP contribution in [0.2, 0.25) is 0 Å². The summed E-state index contributed by atoms with van der Waals surface area (Å²) in [7, 11) is 0. The lowest BCUT2D eigenvalue weighted by atomic mass is 9.95. The summed E-state index contributed by atoms with van der Waals surface area (Å²) in [5, 5.41) is 5.66. The van der Waals surface area contributed by atoms with E-state index < -0.39 is 24.5 Å². The molecule has 2 amide bonds. The number of aromatic nitrogens is 2. The van der Waals surface area contributed by atoms with Crippen molar-refractivity contribution < 1.29 is 22.8 Å². The third-order valence-corrected chi connectivity index (χ3v) is 4.28. The molecule has 0 unspecified atom stereocenters. The fourth-order valence-electron chi connectivity index (χ4n) is 2.25. The summed E-state index contributed by atoms with van der Waals surface area (Å²) in [6, 6.07) is 0. The van der Waals surface area contributed by atoms with Crippen molar-refractivity contribution >= 4 is 23.3 Å². The van der Waals surface area contributed by atoms with E-state index in [2.05, 4.69) is 9.59 Å². The Kier molecular flexibility index (Phi) is 4.99. The van der Waals surface area contributed by atoms with Gasteiger partial charge in [-0.3, -0.25) is 9.59 Å². The van der Waals surface area contributed by atoms with Crippen molar-refractivity contribution in [3.63, 3.8) is 0 Å². The number of amides is 2. The minimum absolute atomic E-state index is 0.193. The van der Waals surface area contributed by atoms with E-state index in [-0.39, 0.29) is 5.91 Å². The summed E-state index contributed by atoms with van der Waals surface area (Å²) in [5.41, 5.74) is 0.556. The maximum absolute atomic E-state index is 12.2.